The quantitative estimate of drug-likeness (QED) is 0.936. The molecule has 0 spiro atoms. The van der Waals surface area contributed by atoms with E-state index in [0.717, 1.165) is 40.7 Å². The molecule has 0 radical (unpaired) electrons. The number of fused-ring (bicyclic) bond motifs is 1. The highest BCUT2D eigenvalue weighted by molar-refractivity contribution is 5.76. The van der Waals surface area contributed by atoms with Crippen molar-refractivity contribution >= 4 is 23.7 Å². The summed E-state index contributed by atoms with van der Waals surface area (Å²) in [6.45, 7) is 5.03. The Morgan fingerprint density at radius 2 is 2.04 bits per heavy atom. The molecule has 1 N–H and O–H groups in total. The van der Waals surface area contributed by atoms with Crippen LogP contribution in [0.25, 0.3) is 11.3 Å². The maximum absolute atomic E-state index is 4.84. The Morgan fingerprint density at radius 3 is 2.67 bits per heavy atom. The van der Waals surface area contributed by atoms with Gasteiger partial charge in [0.05, 0.1) is 17.7 Å². The van der Waals surface area contributed by atoms with Crippen molar-refractivity contribution in [1.29, 1.82) is 0 Å². The van der Waals surface area contributed by atoms with Gasteiger partial charge in [-0.25, -0.2) is 15.0 Å². The molecule has 1 aliphatic rings. The number of pyridine rings is 2. The van der Waals surface area contributed by atoms with Crippen molar-refractivity contribution in [2.24, 2.45) is 4.99 Å². The van der Waals surface area contributed by atoms with Gasteiger partial charge in [-0.2, -0.15) is 0 Å². The zero-order chi connectivity index (χ0) is 17.3. The number of aromatic nitrogens is 2. The third kappa shape index (κ3) is 3.32. The Labute approximate surface area is 143 Å². The predicted octanol–water partition coefficient (Wildman–Crippen LogP) is 3.14. The highest BCUT2D eigenvalue weighted by atomic mass is 15.2. The van der Waals surface area contributed by atoms with Crippen molar-refractivity contribution < 1.29 is 0 Å². The van der Waals surface area contributed by atoms with E-state index < -0.39 is 0 Å². The lowest BCUT2D eigenvalue weighted by molar-refractivity contribution is 0.508. The molecule has 0 atom stereocenters. The van der Waals surface area contributed by atoms with Crippen molar-refractivity contribution in [3.8, 4) is 11.3 Å². The summed E-state index contributed by atoms with van der Waals surface area (Å²) in [4.78, 5) is 17.9. The van der Waals surface area contributed by atoms with Gasteiger partial charge in [-0.1, -0.05) is 0 Å². The van der Waals surface area contributed by atoms with E-state index >= 15 is 0 Å². The van der Waals surface area contributed by atoms with Crippen LogP contribution in [0.5, 0.6) is 0 Å². The molecule has 6 nitrogen and oxygen atoms in total. The maximum atomic E-state index is 4.84. The summed E-state index contributed by atoms with van der Waals surface area (Å²) in [5.41, 5.74) is 3.98. The topological polar surface area (TPSA) is 56.7 Å². The first-order chi connectivity index (χ1) is 11.4. The Balaban J connectivity index is 2.04. The molecule has 3 heterocycles. The molecule has 2 aromatic rings. The van der Waals surface area contributed by atoms with Crippen molar-refractivity contribution in [2.45, 2.75) is 26.4 Å². The molecule has 1 aliphatic heterocycles. The number of hydrogen-bond donors (Lipinski definition) is 1. The third-order valence-electron chi connectivity index (χ3n) is 3.83. The molecule has 0 aromatic carbocycles. The van der Waals surface area contributed by atoms with Crippen LogP contribution in [0.1, 0.15) is 19.4 Å². The molecule has 0 bridgehead atoms. The van der Waals surface area contributed by atoms with Gasteiger partial charge in [-0.3, -0.25) is 0 Å². The van der Waals surface area contributed by atoms with E-state index in [-0.39, 0.29) is 0 Å². The van der Waals surface area contributed by atoms with Crippen LogP contribution in [0.2, 0.25) is 0 Å². The normalized spacial score (nSPS) is 13.2. The first-order valence-corrected chi connectivity index (χ1v) is 8.12. The Kier molecular flexibility index (Phi) is 4.38. The second-order valence-corrected chi connectivity index (χ2v) is 6.61. The highest BCUT2D eigenvalue weighted by Crippen LogP contribution is 2.34. The molecular weight excluding hydrogens is 300 g/mol. The SMILES string of the molecule is CC(C)Nc1nc(-c2ccc(N(C)C)nc2)cc2c1CN(C)C=N2. The predicted molar refractivity (Wildman–Crippen MR) is 100 cm³/mol. The summed E-state index contributed by atoms with van der Waals surface area (Å²) in [6, 6.07) is 6.40. The zero-order valence-electron chi connectivity index (χ0n) is 14.9. The van der Waals surface area contributed by atoms with E-state index in [1.54, 1.807) is 0 Å². The third-order valence-corrected chi connectivity index (χ3v) is 3.83. The fourth-order valence-corrected chi connectivity index (χ4v) is 2.62. The standard InChI is InChI=1S/C18H24N6/c1-12(2)21-18-14-10-24(5)11-20-16(14)8-15(22-18)13-6-7-17(19-9-13)23(3)4/h6-9,11-12H,10H2,1-5H3,(H,21,22). The van der Waals surface area contributed by atoms with Gasteiger partial charge >= 0.3 is 0 Å². The molecule has 2 aromatic heterocycles. The molecule has 126 valence electrons. The van der Waals surface area contributed by atoms with Gasteiger partial charge in [-0.05, 0) is 32.0 Å². The maximum Gasteiger partial charge on any atom is 0.134 e. The van der Waals surface area contributed by atoms with E-state index in [4.69, 9.17) is 4.98 Å². The zero-order valence-corrected chi connectivity index (χ0v) is 14.9. The van der Waals surface area contributed by atoms with E-state index in [1.807, 2.05) is 50.7 Å². The van der Waals surface area contributed by atoms with Gasteiger partial charge in [0.1, 0.15) is 11.6 Å². The number of aliphatic imine (C=N–C) groups is 1. The van der Waals surface area contributed by atoms with Crippen molar-refractivity contribution in [3.05, 3.63) is 30.0 Å². The monoisotopic (exact) mass is 324 g/mol. The number of nitrogens with one attached hydrogen (secondary N) is 1. The summed E-state index contributed by atoms with van der Waals surface area (Å²) < 4.78 is 0. The van der Waals surface area contributed by atoms with Gasteiger partial charge in [0.2, 0.25) is 0 Å². The van der Waals surface area contributed by atoms with Crippen LogP contribution < -0.4 is 10.2 Å². The van der Waals surface area contributed by atoms with Crippen LogP contribution in [0.15, 0.2) is 29.4 Å². The molecule has 0 unspecified atom stereocenters. The summed E-state index contributed by atoms with van der Waals surface area (Å²) in [5, 5.41) is 3.45. The Morgan fingerprint density at radius 1 is 1.25 bits per heavy atom. The molecule has 3 rings (SSSR count). The van der Waals surface area contributed by atoms with Gasteiger partial charge in [0, 0.05) is 51.1 Å². The largest absolute Gasteiger partial charge is 0.368 e. The Hall–Kier alpha value is -2.63. The minimum Gasteiger partial charge on any atom is -0.368 e. The van der Waals surface area contributed by atoms with E-state index in [2.05, 4.69) is 40.1 Å². The van der Waals surface area contributed by atoms with E-state index in [1.165, 1.54) is 0 Å². The smallest absolute Gasteiger partial charge is 0.134 e. The highest BCUT2D eigenvalue weighted by Gasteiger charge is 2.18. The van der Waals surface area contributed by atoms with E-state index in [0.29, 0.717) is 6.04 Å². The molecule has 0 amide bonds. The molecule has 0 fully saturated rings. The molecule has 0 aliphatic carbocycles. The number of anilines is 2. The van der Waals surface area contributed by atoms with Crippen LogP contribution in [-0.4, -0.2) is 48.4 Å². The molecule has 0 saturated heterocycles. The van der Waals surface area contributed by atoms with Crippen molar-refractivity contribution in [1.82, 2.24) is 14.9 Å². The van der Waals surface area contributed by atoms with Gasteiger partial charge in [0.15, 0.2) is 0 Å². The molecule has 24 heavy (non-hydrogen) atoms. The average molecular weight is 324 g/mol. The molecule has 6 heteroatoms. The second-order valence-electron chi connectivity index (χ2n) is 6.61. The fourth-order valence-electron chi connectivity index (χ4n) is 2.62. The van der Waals surface area contributed by atoms with Crippen LogP contribution in [0, 0.1) is 0 Å². The Bertz CT molecular complexity index is 749. The van der Waals surface area contributed by atoms with E-state index in [9.17, 15) is 0 Å². The van der Waals surface area contributed by atoms with Crippen LogP contribution in [0.4, 0.5) is 17.3 Å². The number of nitrogens with zero attached hydrogens (tertiary/aromatic N) is 5. The van der Waals surface area contributed by atoms with Crippen LogP contribution in [0.3, 0.4) is 0 Å². The summed E-state index contributed by atoms with van der Waals surface area (Å²) in [5.74, 6) is 1.83. The minimum absolute atomic E-state index is 0.308. The molecular formula is C18H24N6. The lowest BCUT2D eigenvalue weighted by atomic mass is 10.1. The van der Waals surface area contributed by atoms with Crippen LogP contribution >= 0.6 is 0 Å². The average Bonchev–Trinajstić information content (AvgIpc) is 2.54. The van der Waals surface area contributed by atoms with Crippen molar-refractivity contribution in [2.75, 3.05) is 31.4 Å². The fraction of sp³-hybridized carbons (Fsp3) is 0.389. The summed E-state index contributed by atoms with van der Waals surface area (Å²) >= 11 is 0. The number of hydrogen-bond acceptors (Lipinski definition) is 6. The van der Waals surface area contributed by atoms with Crippen LogP contribution in [-0.2, 0) is 6.54 Å². The van der Waals surface area contributed by atoms with Crippen molar-refractivity contribution in [3.63, 3.8) is 0 Å². The minimum atomic E-state index is 0.308. The molecule has 0 saturated carbocycles. The lowest BCUT2D eigenvalue weighted by Gasteiger charge is -2.24. The van der Waals surface area contributed by atoms with Gasteiger partial charge in [0.25, 0.3) is 0 Å². The second kappa shape index (κ2) is 6.47. The summed E-state index contributed by atoms with van der Waals surface area (Å²) in [6.07, 6.45) is 3.72. The van der Waals surface area contributed by atoms with Gasteiger partial charge in [-0.15, -0.1) is 0 Å². The first kappa shape index (κ1) is 16.2. The lowest BCUT2D eigenvalue weighted by Crippen LogP contribution is -2.22. The summed E-state index contributed by atoms with van der Waals surface area (Å²) in [7, 11) is 5.98. The van der Waals surface area contributed by atoms with Gasteiger partial charge < -0.3 is 15.1 Å². The number of rotatable bonds is 4. The first-order valence-electron chi connectivity index (χ1n) is 8.12.